The number of hydrogen-bond acceptors (Lipinski definition) is 8. The van der Waals surface area contributed by atoms with Crippen LogP contribution >= 0.6 is 0 Å². The molecule has 29 heavy (non-hydrogen) atoms. The molecule has 2 aromatic rings. The zero-order valence-electron chi connectivity index (χ0n) is 16.4. The first-order chi connectivity index (χ1) is 14.1. The number of piperidine rings is 1. The third-order valence-corrected chi connectivity index (χ3v) is 5.12. The molecule has 1 saturated heterocycles. The van der Waals surface area contributed by atoms with Gasteiger partial charge in [0.15, 0.2) is 6.29 Å². The lowest BCUT2D eigenvalue weighted by Gasteiger charge is -2.30. The van der Waals surface area contributed by atoms with Crippen LogP contribution in [-0.2, 0) is 14.3 Å². The van der Waals surface area contributed by atoms with E-state index < -0.39 is 11.8 Å². The maximum Gasteiger partial charge on any atom is 0.263 e. The summed E-state index contributed by atoms with van der Waals surface area (Å²) in [5.41, 5.74) is 1.15. The summed E-state index contributed by atoms with van der Waals surface area (Å²) in [5.74, 6) is 0.150. The Labute approximate surface area is 168 Å². The van der Waals surface area contributed by atoms with Crippen molar-refractivity contribution in [3.8, 4) is 0 Å². The fourth-order valence-corrected chi connectivity index (χ4v) is 3.74. The third kappa shape index (κ3) is 4.69. The lowest BCUT2D eigenvalue weighted by atomic mass is 9.97. The van der Waals surface area contributed by atoms with E-state index in [-0.39, 0.29) is 24.8 Å². The molecule has 1 aromatic carbocycles. The Kier molecular flexibility index (Phi) is 7.08. The molecule has 1 aliphatic rings. The van der Waals surface area contributed by atoms with E-state index in [2.05, 4.69) is 15.6 Å². The number of ether oxygens (including phenoxy) is 1. The topological polar surface area (TPSA) is 123 Å². The molecule has 9 heteroatoms. The van der Waals surface area contributed by atoms with Crippen LogP contribution in [0.2, 0.25) is 0 Å². The molecule has 3 rings (SSSR count). The van der Waals surface area contributed by atoms with Gasteiger partial charge >= 0.3 is 0 Å². The Balaban J connectivity index is 1.85. The highest BCUT2D eigenvalue weighted by Gasteiger charge is 2.28. The first-order valence-electron chi connectivity index (χ1n) is 9.73. The van der Waals surface area contributed by atoms with Gasteiger partial charge in [-0.1, -0.05) is 6.07 Å². The number of nitrogens with zero attached hydrogens (tertiary/aromatic N) is 2. The molecular formula is C20H26N4O5. The third-order valence-electron chi connectivity index (χ3n) is 5.12. The molecule has 0 aliphatic carbocycles. The van der Waals surface area contributed by atoms with E-state index in [4.69, 9.17) is 9.84 Å². The Hall–Kier alpha value is -2.62. The highest BCUT2D eigenvalue weighted by molar-refractivity contribution is 6.27. The number of aliphatic hydroxyl groups excluding tert-OH is 1. The van der Waals surface area contributed by atoms with E-state index in [1.165, 1.54) is 0 Å². The Morgan fingerprint density at radius 1 is 1.41 bits per heavy atom. The molecule has 2 atom stereocenters. The van der Waals surface area contributed by atoms with Gasteiger partial charge in [-0.2, -0.15) is 0 Å². The van der Waals surface area contributed by atoms with E-state index in [1.807, 2.05) is 12.1 Å². The monoisotopic (exact) mass is 402 g/mol. The number of aryl methyl sites for hydroxylation is 1. The second kappa shape index (κ2) is 9.73. The van der Waals surface area contributed by atoms with Crippen LogP contribution in [-0.4, -0.2) is 65.7 Å². The molecule has 1 aliphatic heterocycles. The van der Waals surface area contributed by atoms with Crippen LogP contribution in [0.4, 0.5) is 5.69 Å². The summed E-state index contributed by atoms with van der Waals surface area (Å²) < 4.78 is 6.92. The number of nitrogens with one attached hydrogen (secondary N) is 2. The lowest BCUT2D eigenvalue weighted by Crippen LogP contribution is -2.47. The molecule has 1 aromatic heterocycles. The van der Waals surface area contributed by atoms with Crippen LogP contribution in [0.3, 0.4) is 0 Å². The number of rotatable bonds is 9. The minimum absolute atomic E-state index is 0.0309. The zero-order chi connectivity index (χ0) is 20.8. The number of benzene rings is 1. The minimum atomic E-state index is -0.482. The average molecular weight is 402 g/mol. The molecule has 1 fully saturated rings. The predicted octanol–water partition coefficient (Wildman–Crippen LogP) is 0.187. The first kappa shape index (κ1) is 21.1. The Morgan fingerprint density at radius 3 is 2.93 bits per heavy atom. The van der Waals surface area contributed by atoms with Crippen LogP contribution in [0.25, 0.3) is 10.9 Å². The zero-order valence-corrected chi connectivity index (χ0v) is 16.4. The number of aliphatic hydroxyl groups is 1. The molecule has 9 nitrogen and oxygen atoms in total. The summed E-state index contributed by atoms with van der Waals surface area (Å²) in [6, 6.07) is 4.85. The lowest BCUT2D eigenvalue weighted by molar-refractivity contribution is -0.131. The van der Waals surface area contributed by atoms with Gasteiger partial charge in [-0.15, -0.1) is 0 Å². The molecule has 156 valence electrons. The van der Waals surface area contributed by atoms with Gasteiger partial charge in [0.2, 0.25) is 5.78 Å². The van der Waals surface area contributed by atoms with Gasteiger partial charge in [0.1, 0.15) is 5.82 Å². The van der Waals surface area contributed by atoms with E-state index in [9.17, 15) is 14.4 Å². The van der Waals surface area contributed by atoms with Crippen molar-refractivity contribution < 1.29 is 19.4 Å². The fourth-order valence-electron chi connectivity index (χ4n) is 3.74. The molecule has 0 bridgehead atoms. The maximum atomic E-state index is 13.3. The standard InChI is InChI=1S/C20H26N4O5/c1-13-23-17-4-2-3-16(21-7-9-29-10-8-25)19(17)20(28)24(13)14-5-6-15(22-11-14)18(27)12-26/h2-4,12,14-15,21-22,25H,5-11H2,1H3. The van der Waals surface area contributed by atoms with Crippen molar-refractivity contribution >= 4 is 28.7 Å². The first-order valence-corrected chi connectivity index (χ1v) is 9.73. The number of anilines is 1. The van der Waals surface area contributed by atoms with Gasteiger partial charge in [-0.3, -0.25) is 19.0 Å². The van der Waals surface area contributed by atoms with Gasteiger partial charge < -0.3 is 20.5 Å². The highest BCUT2D eigenvalue weighted by atomic mass is 16.5. The summed E-state index contributed by atoms with van der Waals surface area (Å²) in [6.07, 6.45) is 1.44. The molecule has 2 heterocycles. The molecular weight excluding hydrogens is 376 g/mol. The van der Waals surface area contributed by atoms with Crippen molar-refractivity contribution in [1.29, 1.82) is 0 Å². The van der Waals surface area contributed by atoms with Gasteiger partial charge in [-0.25, -0.2) is 4.98 Å². The number of Topliss-reactive ketones (excluding diaryl/α,β-unsaturated/α-hetero) is 1. The molecule has 0 amide bonds. The Bertz CT molecular complexity index is 934. The number of aromatic nitrogens is 2. The summed E-state index contributed by atoms with van der Waals surface area (Å²) in [7, 11) is 0. The van der Waals surface area contributed by atoms with Crippen LogP contribution in [0.5, 0.6) is 0 Å². The average Bonchev–Trinajstić information content (AvgIpc) is 2.73. The van der Waals surface area contributed by atoms with Crippen molar-refractivity contribution in [1.82, 2.24) is 14.9 Å². The highest BCUT2D eigenvalue weighted by Crippen LogP contribution is 2.23. The summed E-state index contributed by atoms with van der Waals surface area (Å²) in [4.78, 5) is 40.2. The summed E-state index contributed by atoms with van der Waals surface area (Å²) in [6.45, 7) is 3.36. The van der Waals surface area contributed by atoms with E-state index in [0.29, 0.717) is 61.2 Å². The second-order valence-electron chi connectivity index (χ2n) is 7.01. The smallest absolute Gasteiger partial charge is 0.263 e. The molecule has 0 spiro atoms. The number of ketones is 1. The van der Waals surface area contributed by atoms with Crippen molar-refractivity contribution in [2.24, 2.45) is 0 Å². The number of carbonyl (C=O) groups is 2. The van der Waals surface area contributed by atoms with Gasteiger partial charge in [0, 0.05) is 18.8 Å². The van der Waals surface area contributed by atoms with Crippen molar-refractivity contribution in [3.05, 3.63) is 34.4 Å². The number of carbonyl (C=O) groups excluding carboxylic acids is 2. The quantitative estimate of drug-likeness (QED) is 0.309. The number of aldehydes is 1. The fraction of sp³-hybridized carbons (Fsp3) is 0.500. The molecule has 0 saturated carbocycles. The van der Waals surface area contributed by atoms with E-state index in [0.717, 1.165) is 0 Å². The Morgan fingerprint density at radius 2 is 2.24 bits per heavy atom. The molecule has 0 radical (unpaired) electrons. The van der Waals surface area contributed by atoms with Crippen molar-refractivity contribution in [2.45, 2.75) is 31.8 Å². The number of hydrogen-bond donors (Lipinski definition) is 3. The van der Waals surface area contributed by atoms with Crippen LogP contribution in [0, 0.1) is 6.92 Å². The van der Waals surface area contributed by atoms with E-state index in [1.54, 1.807) is 17.6 Å². The van der Waals surface area contributed by atoms with Crippen LogP contribution in [0.15, 0.2) is 23.0 Å². The minimum Gasteiger partial charge on any atom is -0.394 e. The summed E-state index contributed by atoms with van der Waals surface area (Å²) >= 11 is 0. The largest absolute Gasteiger partial charge is 0.394 e. The van der Waals surface area contributed by atoms with Gasteiger partial charge in [0.05, 0.1) is 42.8 Å². The SMILES string of the molecule is Cc1nc2cccc(NCCOCCO)c2c(=O)n1C1CCC(C(=O)C=O)NC1. The summed E-state index contributed by atoms with van der Waals surface area (Å²) in [5, 5.41) is 15.5. The molecule has 3 N–H and O–H groups in total. The van der Waals surface area contributed by atoms with E-state index >= 15 is 0 Å². The molecule has 2 unspecified atom stereocenters. The maximum absolute atomic E-state index is 13.3. The normalized spacial score (nSPS) is 19.2. The van der Waals surface area contributed by atoms with Gasteiger partial charge in [-0.05, 0) is 31.9 Å². The van der Waals surface area contributed by atoms with Crippen LogP contribution in [0.1, 0.15) is 24.7 Å². The van der Waals surface area contributed by atoms with Gasteiger partial charge in [0.25, 0.3) is 5.56 Å². The van der Waals surface area contributed by atoms with Crippen LogP contribution < -0.4 is 16.2 Å². The predicted molar refractivity (Wildman–Crippen MR) is 108 cm³/mol. The van der Waals surface area contributed by atoms with Crippen molar-refractivity contribution in [3.63, 3.8) is 0 Å². The van der Waals surface area contributed by atoms with Crippen molar-refractivity contribution in [2.75, 3.05) is 38.2 Å². The number of fused-ring (bicyclic) bond motifs is 1. The second-order valence-corrected chi connectivity index (χ2v) is 7.01.